The van der Waals surface area contributed by atoms with E-state index in [0.29, 0.717) is 0 Å². The Morgan fingerprint density at radius 3 is 1.29 bits per heavy atom. The van der Waals surface area contributed by atoms with Gasteiger partial charge in [-0.3, -0.25) is 9.97 Å². The van der Waals surface area contributed by atoms with Crippen LogP contribution < -0.4 is 0 Å². The van der Waals surface area contributed by atoms with E-state index >= 15 is 0 Å². The van der Waals surface area contributed by atoms with Crippen LogP contribution in [0.1, 0.15) is 22.3 Å². The van der Waals surface area contributed by atoms with Crippen molar-refractivity contribution in [3.63, 3.8) is 0 Å². The van der Waals surface area contributed by atoms with Gasteiger partial charge in [0.1, 0.15) is 0 Å². The summed E-state index contributed by atoms with van der Waals surface area (Å²) in [6.07, 6.45) is 3.61. The summed E-state index contributed by atoms with van der Waals surface area (Å²) in [6.45, 7) is 8.51. The van der Waals surface area contributed by atoms with Crippen molar-refractivity contribution in [3.05, 3.63) is 133 Å². The van der Waals surface area contributed by atoms with Gasteiger partial charge in [0, 0.05) is 12.4 Å². The Bertz CT molecular complexity index is 1040. The SMILES string of the molecule is C=C(c1ccccc1)c1ccnc(-c2cc(C(=C)c3ccccc3)ccn2)c1. The average molecular weight is 360 g/mol. The lowest BCUT2D eigenvalue weighted by atomic mass is 9.98. The predicted molar refractivity (Wildman–Crippen MR) is 117 cm³/mol. The molecule has 0 aliphatic heterocycles. The lowest BCUT2D eigenvalue weighted by Crippen LogP contribution is -1.93. The van der Waals surface area contributed by atoms with Crippen LogP contribution >= 0.6 is 0 Å². The van der Waals surface area contributed by atoms with Gasteiger partial charge >= 0.3 is 0 Å². The first-order valence-electron chi connectivity index (χ1n) is 9.14. The molecule has 2 nitrogen and oxygen atoms in total. The maximum Gasteiger partial charge on any atom is 0.0892 e. The zero-order valence-corrected chi connectivity index (χ0v) is 15.5. The monoisotopic (exact) mass is 360 g/mol. The highest BCUT2D eigenvalue weighted by atomic mass is 14.8. The zero-order chi connectivity index (χ0) is 19.3. The van der Waals surface area contributed by atoms with E-state index in [1.54, 1.807) is 12.4 Å². The van der Waals surface area contributed by atoms with Gasteiger partial charge in [0.15, 0.2) is 0 Å². The van der Waals surface area contributed by atoms with Crippen molar-refractivity contribution in [2.75, 3.05) is 0 Å². The second kappa shape index (κ2) is 7.85. The van der Waals surface area contributed by atoms with Gasteiger partial charge in [-0.25, -0.2) is 0 Å². The summed E-state index contributed by atoms with van der Waals surface area (Å²) in [5.74, 6) is 0. The summed E-state index contributed by atoms with van der Waals surface area (Å²) in [5, 5.41) is 0. The molecule has 0 unspecified atom stereocenters. The molecule has 2 heterocycles. The quantitative estimate of drug-likeness (QED) is 0.419. The van der Waals surface area contributed by atoms with Gasteiger partial charge in [-0.05, 0) is 57.7 Å². The van der Waals surface area contributed by atoms with Crippen molar-refractivity contribution >= 4 is 11.1 Å². The van der Waals surface area contributed by atoms with Crippen LogP contribution in [-0.4, -0.2) is 9.97 Å². The van der Waals surface area contributed by atoms with Crippen molar-refractivity contribution in [1.82, 2.24) is 9.97 Å². The normalized spacial score (nSPS) is 10.4. The van der Waals surface area contributed by atoms with E-state index in [9.17, 15) is 0 Å². The Labute approximate surface area is 165 Å². The second-order valence-electron chi connectivity index (χ2n) is 6.55. The van der Waals surface area contributed by atoms with Crippen LogP contribution in [0.4, 0.5) is 0 Å². The standard InChI is InChI=1S/C26H20N2/c1-19(21-9-5-3-6-10-21)23-13-15-27-25(17-23)26-18-24(14-16-28-26)20(2)22-11-7-4-8-12-22/h3-18H,1-2H2. The van der Waals surface area contributed by atoms with Gasteiger partial charge < -0.3 is 0 Å². The molecule has 0 saturated carbocycles. The number of aromatic nitrogens is 2. The molecule has 2 heteroatoms. The molecule has 2 aromatic carbocycles. The topological polar surface area (TPSA) is 25.8 Å². The fraction of sp³-hybridized carbons (Fsp3) is 0. The first kappa shape index (κ1) is 17.6. The molecular weight excluding hydrogens is 340 g/mol. The van der Waals surface area contributed by atoms with Gasteiger partial charge in [0.2, 0.25) is 0 Å². The number of nitrogens with zero attached hydrogens (tertiary/aromatic N) is 2. The van der Waals surface area contributed by atoms with Crippen LogP contribution in [0.25, 0.3) is 22.5 Å². The molecule has 0 aliphatic carbocycles. The van der Waals surface area contributed by atoms with Gasteiger partial charge in [0.25, 0.3) is 0 Å². The van der Waals surface area contributed by atoms with E-state index in [1.807, 2.05) is 60.7 Å². The number of hydrogen-bond donors (Lipinski definition) is 0. The van der Waals surface area contributed by atoms with Gasteiger partial charge in [0.05, 0.1) is 11.4 Å². The van der Waals surface area contributed by atoms with E-state index in [4.69, 9.17) is 0 Å². The van der Waals surface area contributed by atoms with E-state index < -0.39 is 0 Å². The lowest BCUT2D eigenvalue weighted by Gasteiger charge is -2.10. The maximum atomic E-state index is 4.53. The highest BCUT2D eigenvalue weighted by Gasteiger charge is 2.09. The number of pyridine rings is 2. The molecule has 4 rings (SSSR count). The third-order valence-electron chi connectivity index (χ3n) is 4.72. The summed E-state index contributed by atoms with van der Waals surface area (Å²) in [4.78, 5) is 9.05. The first-order chi connectivity index (χ1) is 13.7. The Morgan fingerprint density at radius 1 is 0.500 bits per heavy atom. The molecular formula is C26H20N2. The van der Waals surface area contributed by atoms with E-state index in [-0.39, 0.29) is 0 Å². The van der Waals surface area contributed by atoms with Crippen LogP contribution in [-0.2, 0) is 0 Å². The second-order valence-corrected chi connectivity index (χ2v) is 6.55. The van der Waals surface area contributed by atoms with Gasteiger partial charge in [-0.1, -0.05) is 73.8 Å². The molecule has 0 saturated heterocycles. The fourth-order valence-corrected chi connectivity index (χ4v) is 3.13. The Morgan fingerprint density at radius 2 is 0.893 bits per heavy atom. The Kier molecular flexibility index (Phi) is 4.94. The number of hydrogen-bond acceptors (Lipinski definition) is 2. The molecule has 4 aromatic rings. The molecule has 0 atom stereocenters. The third-order valence-corrected chi connectivity index (χ3v) is 4.72. The van der Waals surface area contributed by atoms with Crippen LogP contribution in [0, 0.1) is 0 Å². The minimum Gasteiger partial charge on any atom is -0.255 e. The van der Waals surface area contributed by atoms with E-state index in [1.165, 1.54) is 0 Å². The van der Waals surface area contributed by atoms with Crippen molar-refractivity contribution in [3.8, 4) is 11.4 Å². The minimum atomic E-state index is 0.817. The largest absolute Gasteiger partial charge is 0.255 e. The molecule has 0 spiro atoms. The molecule has 0 aliphatic rings. The molecule has 0 amide bonds. The van der Waals surface area contributed by atoms with Crippen LogP contribution in [0.3, 0.4) is 0 Å². The summed E-state index contributed by atoms with van der Waals surface area (Å²) >= 11 is 0. The zero-order valence-electron chi connectivity index (χ0n) is 15.5. The molecule has 0 fully saturated rings. The van der Waals surface area contributed by atoms with E-state index in [2.05, 4.69) is 47.4 Å². The predicted octanol–water partition coefficient (Wildman–Crippen LogP) is 6.27. The molecule has 28 heavy (non-hydrogen) atoms. The van der Waals surface area contributed by atoms with Crippen LogP contribution in [0.15, 0.2) is 110 Å². The van der Waals surface area contributed by atoms with Gasteiger partial charge in [-0.2, -0.15) is 0 Å². The summed E-state index contributed by atoms with van der Waals surface area (Å²) in [6, 6.07) is 28.3. The van der Waals surface area contributed by atoms with E-state index in [0.717, 1.165) is 44.8 Å². The van der Waals surface area contributed by atoms with Crippen molar-refractivity contribution in [2.24, 2.45) is 0 Å². The highest BCUT2D eigenvalue weighted by Crippen LogP contribution is 2.27. The first-order valence-corrected chi connectivity index (χ1v) is 9.14. The van der Waals surface area contributed by atoms with Crippen molar-refractivity contribution in [2.45, 2.75) is 0 Å². The van der Waals surface area contributed by atoms with Crippen molar-refractivity contribution in [1.29, 1.82) is 0 Å². The summed E-state index contributed by atoms with van der Waals surface area (Å²) < 4.78 is 0. The maximum absolute atomic E-state index is 4.53. The third kappa shape index (κ3) is 3.67. The summed E-state index contributed by atoms with van der Waals surface area (Å²) in [5.41, 5.74) is 7.82. The molecule has 0 bridgehead atoms. The van der Waals surface area contributed by atoms with Gasteiger partial charge in [-0.15, -0.1) is 0 Å². The van der Waals surface area contributed by atoms with Crippen molar-refractivity contribution < 1.29 is 0 Å². The Hall–Kier alpha value is -3.78. The number of rotatable bonds is 5. The highest BCUT2D eigenvalue weighted by molar-refractivity contribution is 5.81. The molecule has 2 aromatic heterocycles. The Balaban J connectivity index is 1.67. The molecule has 134 valence electrons. The summed E-state index contributed by atoms with van der Waals surface area (Å²) in [7, 11) is 0. The average Bonchev–Trinajstić information content (AvgIpc) is 2.79. The molecule has 0 N–H and O–H groups in total. The number of benzene rings is 2. The lowest BCUT2D eigenvalue weighted by molar-refractivity contribution is 1.24. The smallest absolute Gasteiger partial charge is 0.0892 e. The minimum absolute atomic E-state index is 0.817. The fourth-order valence-electron chi connectivity index (χ4n) is 3.13. The van der Waals surface area contributed by atoms with Crippen LogP contribution in [0.5, 0.6) is 0 Å². The van der Waals surface area contributed by atoms with Crippen LogP contribution in [0.2, 0.25) is 0 Å². The molecule has 0 radical (unpaired) electrons.